The Morgan fingerprint density at radius 2 is 1.69 bits per heavy atom. The fourth-order valence-corrected chi connectivity index (χ4v) is 6.09. The quantitative estimate of drug-likeness (QED) is 0.585. The van der Waals surface area contributed by atoms with Gasteiger partial charge in [0, 0.05) is 51.1 Å². The van der Waals surface area contributed by atoms with Crippen molar-refractivity contribution < 1.29 is 22.7 Å². The second-order valence-electron chi connectivity index (χ2n) is 9.30. The molecule has 0 saturated carbocycles. The lowest BCUT2D eigenvalue weighted by Crippen LogP contribution is -2.40. The zero-order chi connectivity index (χ0) is 25.1. The standard InChI is InChI=1S/C25H40N4O5S/c1-34-20-24(30)29-16-9-4-2-3-6-12-26-19-22-18-21(10-11-23(22)29)25(31)27-13-17-35(32,33)28-14-7-5-8-15-28/h10-11,18,26H,2-9,12-17,19-20H2,1H3,(H,27,31). The fraction of sp³-hybridized carbons (Fsp3) is 0.680. The Labute approximate surface area is 209 Å². The molecule has 9 nitrogen and oxygen atoms in total. The molecule has 0 radical (unpaired) electrons. The van der Waals surface area contributed by atoms with Gasteiger partial charge < -0.3 is 20.3 Å². The molecule has 1 aromatic rings. The first-order valence-electron chi connectivity index (χ1n) is 12.8. The number of hydrogen-bond acceptors (Lipinski definition) is 6. The highest BCUT2D eigenvalue weighted by Crippen LogP contribution is 2.24. The van der Waals surface area contributed by atoms with E-state index in [0.29, 0.717) is 31.7 Å². The maximum absolute atomic E-state index is 12.8. The van der Waals surface area contributed by atoms with Crippen molar-refractivity contribution in [1.29, 1.82) is 0 Å². The Morgan fingerprint density at radius 1 is 1.00 bits per heavy atom. The van der Waals surface area contributed by atoms with E-state index < -0.39 is 10.0 Å². The first-order chi connectivity index (χ1) is 16.9. The van der Waals surface area contributed by atoms with Crippen LogP contribution in [0.5, 0.6) is 0 Å². The van der Waals surface area contributed by atoms with Crippen LogP contribution in [0.2, 0.25) is 0 Å². The van der Waals surface area contributed by atoms with Crippen LogP contribution in [-0.2, 0) is 26.1 Å². The van der Waals surface area contributed by atoms with E-state index in [0.717, 1.165) is 69.2 Å². The normalized spacial score (nSPS) is 18.7. The number of sulfonamides is 1. The lowest BCUT2D eigenvalue weighted by Gasteiger charge is -2.26. The van der Waals surface area contributed by atoms with Gasteiger partial charge in [0.15, 0.2) is 0 Å². The van der Waals surface area contributed by atoms with Crippen molar-refractivity contribution >= 4 is 27.5 Å². The molecule has 35 heavy (non-hydrogen) atoms. The van der Waals surface area contributed by atoms with Crippen molar-refractivity contribution in [3.63, 3.8) is 0 Å². The third-order valence-corrected chi connectivity index (χ3v) is 8.48. The van der Waals surface area contributed by atoms with Crippen molar-refractivity contribution in [2.45, 2.75) is 57.9 Å². The molecule has 0 atom stereocenters. The zero-order valence-corrected chi connectivity index (χ0v) is 21.7. The monoisotopic (exact) mass is 508 g/mol. The van der Waals surface area contributed by atoms with Crippen LogP contribution in [-0.4, -0.2) is 76.7 Å². The van der Waals surface area contributed by atoms with Crippen LogP contribution in [0, 0.1) is 0 Å². The summed E-state index contributed by atoms with van der Waals surface area (Å²) in [5, 5.41) is 6.19. The number of rotatable bonds is 7. The van der Waals surface area contributed by atoms with Crippen molar-refractivity contribution in [3.8, 4) is 0 Å². The molecule has 0 spiro atoms. The first-order valence-corrected chi connectivity index (χ1v) is 14.4. The van der Waals surface area contributed by atoms with E-state index in [-0.39, 0.29) is 30.7 Å². The van der Waals surface area contributed by atoms with Crippen molar-refractivity contribution in [2.24, 2.45) is 0 Å². The maximum atomic E-state index is 12.8. The van der Waals surface area contributed by atoms with E-state index in [2.05, 4.69) is 10.6 Å². The number of anilines is 1. The van der Waals surface area contributed by atoms with Crippen molar-refractivity contribution in [2.75, 3.05) is 57.1 Å². The second kappa shape index (κ2) is 13.9. The van der Waals surface area contributed by atoms with Crippen LogP contribution in [0.1, 0.15) is 67.3 Å². The molecule has 0 aromatic heterocycles. The zero-order valence-electron chi connectivity index (χ0n) is 20.9. The molecule has 1 saturated heterocycles. The highest BCUT2D eigenvalue weighted by Gasteiger charge is 2.24. The topological polar surface area (TPSA) is 108 Å². The highest BCUT2D eigenvalue weighted by atomic mass is 32.2. The molecular formula is C25H40N4O5S. The summed E-state index contributed by atoms with van der Waals surface area (Å²) in [7, 11) is -1.86. The predicted octanol–water partition coefficient (Wildman–Crippen LogP) is 2.27. The summed E-state index contributed by atoms with van der Waals surface area (Å²) in [6, 6.07) is 5.32. The second-order valence-corrected chi connectivity index (χ2v) is 11.4. The van der Waals surface area contributed by atoms with Gasteiger partial charge in [-0.1, -0.05) is 25.7 Å². The smallest absolute Gasteiger partial charge is 0.252 e. The number of ether oxygens (including phenoxy) is 1. The summed E-state index contributed by atoms with van der Waals surface area (Å²) < 4.78 is 31.7. The van der Waals surface area contributed by atoms with E-state index in [1.807, 2.05) is 6.07 Å². The molecule has 2 aliphatic rings. The van der Waals surface area contributed by atoms with E-state index in [9.17, 15) is 18.0 Å². The molecule has 1 fully saturated rings. The van der Waals surface area contributed by atoms with Crippen LogP contribution >= 0.6 is 0 Å². The molecule has 0 unspecified atom stereocenters. The number of fused-ring (bicyclic) bond motifs is 1. The minimum Gasteiger partial charge on any atom is -0.375 e. The van der Waals surface area contributed by atoms with Gasteiger partial charge in [-0.2, -0.15) is 0 Å². The number of methoxy groups -OCH3 is 1. The SMILES string of the molecule is COCC(=O)N1CCCCCCCNCc2cc(C(=O)NCCS(=O)(=O)N3CCCCC3)ccc21. The Bertz CT molecular complexity index is 947. The Hall–Kier alpha value is -2.01. The molecular weight excluding hydrogens is 468 g/mol. The first kappa shape index (κ1) is 27.6. The highest BCUT2D eigenvalue weighted by molar-refractivity contribution is 7.89. The Balaban J connectivity index is 1.71. The minimum atomic E-state index is -3.37. The number of carbonyl (C=O) groups is 2. The number of hydrogen-bond donors (Lipinski definition) is 2. The maximum Gasteiger partial charge on any atom is 0.252 e. The lowest BCUT2D eigenvalue weighted by molar-refractivity contribution is -0.122. The van der Waals surface area contributed by atoms with Crippen LogP contribution < -0.4 is 15.5 Å². The van der Waals surface area contributed by atoms with Crippen molar-refractivity contribution in [3.05, 3.63) is 29.3 Å². The summed E-state index contributed by atoms with van der Waals surface area (Å²) >= 11 is 0. The number of carbonyl (C=O) groups excluding carboxylic acids is 2. The molecule has 10 heteroatoms. The average Bonchev–Trinajstić information content (AvgIpc) is 2.85. The summed E-state index contributed by atoms with van der Waals surface area (Å²) in [5.41, 5.74) is 2.10. The molecule has 1 aromatic carbocycles. The number of amides is 2. The largest absolute Gasteiger partial charge is 0.375 e. The molecule has 2 N–H and O–H groups in total. The summed E-state index contributed by atoms with van der Waals surface area (Å²) in [6.07, 6.45) is 8.19. The van der Waals surface area contributed by atoms with Gasteiger partial charge in [0.1, 0.15) is 6.61 Å². The third kappa shape index (κ3) is 8.27. The Kier molecular flexibility index (Phi) is 11.0. The molecule has 2 heterocycles. The number of benzene rings is 1. The van der Waals surface area contributed by atoms with Gasteiger partial charge >= 0.3 is 0 Å². The van der Waals surface area contributed by atoms with E-state index >= 15 is 0 Å². The molecule has 196 valence electrons. The minimum absolute atomic E-state index is 0.000593. The van der Waals surface area contributed by atoms with Crippen molar-refractivity contribution in [1.82, 2.24) is 14.9 Å². The average molecular weight is 509 g/mol. The number of nitrogens with one attached hydrogen (secondary N) is 2. The van der Waals surface area contributed by atoms with Gasteiger partial charge in [-0.25, -0.2) is 12.7 Å². The molecule has 3 rings (SSSR count). The van der Waals surface area contributed by atoms with Gasteiger partial charge in [-0.05, 0) is 56.0 Å². The van der Waals surface area contributed by atoms with E-state index in [1.165, 1.54) is 11.4 Å². The molecule has 0 aliphatic carbocycles. The number of piperidine rings is 1. The lowest BCUT2D eigenvalue weighted by atomic mass is 10.0. The molecule has 0 bridgehead atoms. The van der Waals surface area contributed by atoms with Gasteiger partial charge in [0.2, 0.25) is 10.0 Å². The third-order valence-electron chi connectivity index (χ3n) is 6.61. The summed E-state index contributed by atoms with van der Waals surface area (Å²) in [4.78, 5) is 27.4. The van der Waals surface area contributed by atoms with Crippen LogP contribution in [0.4, 0.5) is 5.69 Å². The molecule has 2 aliphatic heterocycles. The van der Waals surface area contributed by atoms with Crippen LogP contribution in [0.15, 0.2) is 18.2 Å². The van der Waals surface area contributed by atoms with Gasteiger partial charge in [-0.3, -0.25) is 9.59 Å². The Morgan fingerprint density at radius 3 is 2.46 bits per heavy atom. The predicted molar refractivity (Wildman–Crippen MR) is 137 cm³/mol. The van der Waals surface area contributed by atoms with Gasteiger partial charge in [-0.15, -0.1) is 0 Å². The van der Waals surface area contributed by atoms with Crippen LogP contribution in [0.3, 0.4) is 0 Å². The summed E-state index contributed by atoms with van der Waals surface area (Å²) in [5.74, 6) is -0.529. The van der Waals surface area contributed by atoms with Crippen LogP contribution in [0.25, 0.3) is 0 Å². The van der Waals surface area contributed by atoms with Gasteiger partial charge in [0.25, 0.3) is 11.8 Å². The fourth-order valence-electron chi connectivity index (χ4n) is 4.65. The summed E-state index contributed by atoms with van der Waals surface area (Å²) in [6.45, 7) is 3.20. The number of nitrogens with zero attached hydrogens (tertiary/aromatic N) is 2. The van der Waals surface area contributed by atoms with E-state index in [4.69, 9.17) is 4.74 Å². The van der Waals surface area contributed by atoms with E-state index in [1.54, 1.807) is 17.0 Å². The molecule has 2 amide bonds. The van der Waals surface area contributed by atoms with Gasteiger partial charge in [0.05, 0.1) is 5.75 Å².